The van der Waals surface area contributed by atoms with E-state index in [1.54, 1.807) is 17.0 Å². The maximum Gasteiger partial charge on any atom is 0.266 e. The lowest BCUT2D eigenvalue weighted by molar-refractivity contribution is 0.0256. The molecule has 0 unspecified atom stereocenters. The molecule has 1 aromatic rings. The van der Waals surface area contributed by atoms with Crippen molar-refractivity contribution in [3.63, 3.8) is 0 Å². The van der Waals surface area contributed by atoms with Gasteiger partial charge in [0.15, 0.2) is 0 Å². The van der Waals surface area contributed by atoms with E-state index in [1.807, 2.05) is 0 Å². The summed E-state index contributed by atoms with van der Waals surface area (Å²) in [6.07, 6.45) is -0.113. The Labute approximate surface area is 105 Å². The van der Waals surface area contributed by atoms with E-state index >= 15 is 0 Å². The maximum absolute atomic E-state index is 13.0. The van der Waals surface area contributed by atoms with Crippen LogP contribution in [-0.2, 0) is 0 Å². The molecule has 1 aromatic heterocycles. The number of anilines is 1. The van der Waals surface area contributed by atoms with Crippen LogP contribution in [0, 0.1) is 3.57 Å². The van der Waals surface area contributed by atoms with Crippen LogP contribution in [0.4, 0.5) is 14.6 Å². The Balaban J connectivity index is 2.24. The highest BCUT2D eigenvalue weighted by molar-refractivity contribution is 14.1. The molecule has 0 atom stereocenters. The third-order valence-corrected chi connectivity index (χ3v) is 3.06. The first kappa shape index (κ1) is 11.3. The minimum absolute atomic E-state index is 0.113. The van der Waals surface area contributed by atoms with Gasteiger partial charge in [-0.05, 0) is 34.7 Å². The largest absolute Gasteiger partial charge is 0.350 e. The summed E-state index contributed by atoms with van der Waals surface area (Å²) in [6.45, 7) is 0.0623. The molecule has 15 heavy (non-hydrogen) atoms. The Morgan fingerprint density at radius 3 is 2.73 bits per heavy atom. The number of hydrogen-bond donors (Lipinski definition) is 0. The number of halogens is 4. The van der Waals surface area contributed by atoms with Crippen LogP contribution in [0.2, 0.25) is 5.15 Å². The van der Waals surface area contributed by atoms with Crippen molar-refractivity contribution in [2.75, 3.05) is 18.0 Å². The minimum atomic E-state index is -2.60. The third kappa shape index (κ3) is 2.69. The van der Waals surface area contributed by atoms with Crippen LogP contribution in [-0.4, -0.2) is 24.0 Å². The molecule has 1 aliphatic heterocycles. The van der Waals surface area contributed by atoms with Gasteiger partial charge in [-0.3, -0.25) is 0 Å². The molecule has 0 saturated carbocycles. The topological polar surface area (TPSA) is 16.1 Å². The van der Waals surface area contributed by atoms with Gasteiger partial charge in [-0.1, -0.05) is 11.6 Å². The highest BCUT2D eigenvalue weighted by Crippen LogP contribution is 2.31. The summed E-state index contributed by atoms with van der Waals surface area (Å²) < 4.78 is 26.9. The average molecular weight is 345 g/mol. The van der Waals surface area contributed by atoms with E-state index in [1.165, 1.54) is 0 Å². The summed E-state index contributed by atoms with van der Waals surface area (Å²) in [5.74, 6) is -2.07. The molecule has 0 aliphatic carbocycles. The molecule has 0 radical (unpaired) electrons. The van der Waals surface area contributed by atoms with Crippen molar-refractivity contribution in [2.24, 2.45) is 0 Å². The van der Waals surface area contributed by atoms with Crippen molar-refractivity contribution in [2.45, 2.75) is 12.3 Å². The molecule has 0 amide bonds. The van der Waals surface area contributed by atoms with Crippen molar-refractivity contribution in [1.82, 2.24) is 4.98 Å². The predicted molar refractivity (Wildman–Crippen MR) is 63.7 cm³/mol. The van der Waals surface area contributed by atoms with E-state index in [4.69, 9.17) is 11.6 Å². The molecule has 0 bridgehead atoms. The van der Waals surface area contributed by atoms with Crippen molar-refractivity contribution >= 4 is 40.0 Å². The molecule has 2 heterocycles. The van der Waals surface area contributed by atoms with E-state index < -0.39 is 5.92 Å². The monoisotopic (exact) mass is 344 g/mol. The second-order valence-electron chi connectivity index (χ2n) is 3.49. The fourth-order valence-corrected chi connectivity index (χ4v) is 2.51. The molecular formula is C9H8ClF2IN2. The van der Waals surface area contributed by atoms with E-state index in [0.717, 1.165) is 3.57 Å². The fourth-order valence-electron chi connectivity index (χ4n) is 1.55. The molecule has 0 spiro atoms. The second-order valence-corrected chi connectivity index (χ2v) is 5.13. The van der Waals surface area contributed by atoms with E-state index in [9.17, 15) is 8.78 Å². The van der Waals surface area contributed by atoms with Crippen molar-refractivity contribution in [3.05, 3.63) is 20.9 Å². The van der Waals surface area contributed by atoms with E-state index in [-0.39, 0.29) is 13.0 Å². The van der Waals surface area contributed by atoms with Crippen molar-refractivity contribution in [1.29, 1.82) is 0 Å². The molecule has 1 fully saturated rings. The number of pyridine rings is 1. The number of hydrogen-bond acceptors (Lipinski definition) is 2. The molecule has 1 aliphatic rings. The summed E-state index contributed by atoms with van der Waals surface area (Å²) in [5.41, 5.74) is 0. The van der Waals surface area contributed by atoms with Gasteiger partial charge in [0.05, 0.1) is 6.54 Å². The zero-order valence-electron chi connectivity index (χ0n) is 7.68. The van der Waals surface area contributed by atoms with Crippen LogP contribution in [0.3, 0.4) is 0 Å². The summed E-state index contributed by atoms with van der Waals surface area (Å²) in [4.78, 5) is 5.60. The van der Waals surface area contributed by atoms with Crippen LogP contribution in [0.15, 0.2) is 12.1 Å². The summed E-state index contributed by atoms with van der Waals surface area (Å²) >= 11 is 7.86. The standard InChI is InChI=1S/C9H8ClF2IN2/c10-7-3-6(13)4-8(14-7)15-2-1-9(11,12)5-15/h3-4H,1-2,5H2. The summed E-state index contributed by atoms with van der Waals surface area (Å²) in [7, 11) is 0. The Bertz CT molecular complexity index is 366. The molecular weight excluding hydrogens is 336 g/mol. The lowest BCUT2D eigenvalue weighted by Crippen LogP contribution is -2.25. The fraction of sp³-hybridized carbons (Fsp3) is 0.444. The smallest absolute Gasteiger partial charge is 0.266 e. The Morgan fingerprint density at radius 1 is 1.47 bits per heavy atom. The van der Waals surface area contributed by atoms with E-state index in [2.05, 4.69) is 27.6 Å². The van der Waals surface area contributed by atoms with Gasteiger partial charge in [0.25, 0.3) is 5.92 Å². The average Bonchev–Trinajstić information content (AvgIpc) is 2.44. The second kappa shape index (κ2) is 4.01. The van der Waals surface area contributed by atoms with Crippen molar-refractivity contribution in [3.8, 4) is 0 Å². The van der Waals surface area contributed by atoms with Gasteiger partial charge in [-0.25, -0.2) is 13.8 Å². The van der Waals surface area contributed by atoms with Gasteiger partial charge in [0.1, 0.15) is 11.0 Å². The molecule has 0 N–H and O–H groups in total. The molecule has 82 valence electrons. The Kier molecular flexibility index (Phi) is 3.03. The first-order valence-corrected chi connectivity index (χ1v) is 5.88. The highest BCUT2D eigenvalue weighted by atomic mass is 127. The number of alkyl halides is 2. The number of rotatable bonds is 1. The number of aromatic nitrogens is 1. The van der Waals surface area contributed by atoms with Gasteiger partial charge < -0.3 is 4.90 Å². The number of nitrogens with zero attached hydrogens (tertiary/aromatic N) is 2. The van der Waals surface area contributed by atoms with Gasteiger partial charge in [-0.15, -0.1) is 0 Å². The molecule has 2 nitrogen and oxygen atoms in total. The third-order valence-electron chi connectivity index (χ3n) is 2.24. The molecule has 6 heteroatoms. The summed E-state index contributed by atoms with van der Waals surface area (Å²) in [6, 6.07) is 3.45. The zero-order valence-corrected chi connectivity index (χ0v) is 10.6. The molecule has 1 saturated heterocycles. The first-order valence-electron chi connectivity index (χ1n) is 4.42. The van der Waals surface area contributed by atoms with Gasteiger partial charge in [0, 0.05) is 16.5 Å². The molecule has 0 aromatic carbocycles. The maximum atomic E-state index is 13.0. The van der Waals surface area contributed by atoms with Crippen molar-refractivity contribution < 1.29 is 8.78 Å². The minimum Gasteiger partial charge on any atom is -0.350 e. The van der Waals surface area contributed by atoms with Crippen LogP contribution in [0.1, 0.15) is 6.42 Å². The highest BCUT2D eigenvalue weighted by Gasteiger charge is 2.38. The van der Waals surface area contributed by atoms with Crippen LogP contribution in [0.5, 0.6) is 0 Å². The quantitative estimate of drug-likeness (QED) is 0.575. The first-order chi connectivity index (χ1) is 6.96. The summed E-state index contributed by atoms with van der Waals surface area (Å²) in [5, 5.41) is 0.340. The molecule has 2 rings (SSSR count). The zero-order chi connectivity index (χ0) is 11.1. The van der Waals surface area contributed by atoms with Gasteiger partial charge in [0.2, 0.25) is 0 Å². The Hall–Kier alpha value is -0.170. The van der Waals surface area contributed by atoms with Crippen LogP contribution >= 0.6 is 34.2 Å². The van der Waals surface area contributed by atoms with E-state index in [0.29, 0.717) is 17.5 Å². The van der Waals surface area contributed by atoms with Crippen LogP contribution in [0.25, 0.3) is 0 Å². The van der Waals surface area contributed by atoms with Gasteiger partial charge in [-0.2, -0.15) is 0 Å². The normalized spacial score (nSPS) is 19.6. The van der Waals surface area contributed by atoms with Gasteiger partial charge >= 0.3 is 0 Å². The Morgan fingerprint density at radius 2 is 2.20 bits per heavy atom. The lowest BCUT2D eigenvalue weighted by atomic mass is 10.3. The predicted octanol–water partition coefficient (Wildman–Crippen LogP) is 3.19. The van der Waals surface area contributed by atoms with Crippen LogP contribution < -0.4 is 4.90 Å². The lowest BCUT2D eigenvalue weighted by Gasteiger charge is -2.17. The SMILES string of the molecule is FC1(F)CCN(c2cc(I)cc(Cl)n2)C1.